The van der Waals surface area contributed by atoms with Crippen molar-refractivity contribution in [3.05, 3.63) is 63.7 Å². The van der Waals surface area contributed by atoms with Gasteiger partial charge in [0.2, 0.25) is 5.91 Å². The van der Waals surface area contributed by atoms with E-state index in [1.54, 1.807) is 29.8 Å². The molecule has 0 fully saturated rings. The summed E-state index contributed by atoms with van der Waals surface area (Å²) in [7, 11) is 3.12. The topological polar surface area (TPSA) is 87.3 Å². The van der Waals surface area contributed by atoms with Crippen molar-refractivity contribution in [1.82, 2.24) is 9.97 Å². The molecule has 33 heavy (non-hydrogen) atoms. The van der Waals surface area contributed by atoms with E-state index >= 15 is 0 Å². The maximum atomic E-state index is 11.2. The number of rotatable bonds is 12. The lowest BCUT2D eigenvalue weighted by Gasteiger charge is -2.21. The van der Waals surface area contributed by atoms with E-state index in [2.05, 4.69) is 50.5 Å². The van der Waals surface area contributed by atoms with Crippen molar-refractivity contribution in [3.8, 4) is 10.7 Å². The number of amides is 1. The number of hydrogen-bond donors (Lipinski definition) is 1. The number of carbonyl (C=O) groups is 1. The predicted molar refractivity (Wildman–Crippen MR) is 138 cm³/mol. The number of thiazole rings is 2. The van der Waals surface area contributed by atoms with E-state index in [1.807, 2.05) is 24.5 Å². The van der Waals surface area contributed by atoms with Crippen molar-refractivity contribution in [3.63, 3.8) is 0 Å². The van der Waals surface area contributed by atoms with Crippen LogP contribution in [0.3, 0.4) is 0 Å². The molecule has 6 nitrogen and oxygen atoms in total. The number of aromatic nitrogens is 2. The van der Waals surface area contributed by atoms with Crippen LogP contribution in [0.25, 0.3) is 16.8 Å². The van der Waals surface area contributed by atoms with E-state index < -0.39 is 5.91 Å². The van der Waals surface area contributed by atoms with Crippen LogP contribution in [-0.4, -0.2) is 36.2 Å². The van der Waals surface area contributed by atoms with Crippen molar-refractivity contribution in [2.75, 3.05) is 14.2 Å². The summed E-state index contributed by atoms with van der Waals surface area (Å²) in [6.07, 6.45) is 13.3. The minimum atomic E-state index is -0.555. The van der Waals surface area contributed by atoms with E-state index in [0.29, 0.717) is 11.7 Å². The number of primary amides is 1. The van der Waals surface area contributed by atoms with Gasteiger partial charge in [-0.1, -0.05) is 58.1 Å². The Kier molecular flexibility index (Phi) is 10.7. The highest BCUT2D eigenvalue weighted by Crippen LogP contribution is 2.29. The highest BCUT2D eigenvalue weighted by molar-refractivity contribution is 7.14. The van der Waals surface area contributed by atoms with Crippen LogP contribution in [0.5, 0.6) is 0 Å². The molecule has 0 spiro atoms. The molecule has 0 radical (unpaired) electrons. The van der Waals surface area contributed by atoms with Gasteiger partial charge in [0.1, 0.15) is 16.5 Å². The monoisotopic (exact) mass is 487 g/mol. The Morgan fingerprint density at radius 3 is 2.39 bits per heavy atom. The fraction of sp³-hybridized carbons (Fsp3) is 0.400. The number of methoxy groups -OCH3 is 2. The van der Waals surface area contributed by atoms with Gasteiger partial charge in [0.05, 0.1) is 23.9 Å². The Bertz CT molecular complexity index is 1020. The van der Waals surface area contributed by atoms with E-state index in [4.69, 9.17) is 25.2 Å². The summed E-state index contributed by atoms with van der Waals surface area (Å²) in [4.78, 5) is 20.7. The molecule has 0 aliphatic rings. The molecule has 1 amide bonds. The quantitative estimate of drug-likeness (QED) is 0.232. The number of allylic oxidation sites excluding steroid dienone is 4. The standard InChI is InChI=1S/C25H33N3O3S2/c1-16(2)9-7-8-10-17(3)24-28-20(15-33-24)25-27-19(14-32-25)11-12-21(30-5)18(4)22(31-6)13-23(26)29/h7-18,21H,1-6H3,(H2,26,29)/b9-7-,10-8+,12-11-,22-13+/t17-,18+,21-/m0/s1. The smallest absolute Gasteiger partial charge is 0.244 e. The van der Waals surface area contributed by atoms with Crippen molar-refractivity contribution < 1.29 is 14.3 Å². The van der Waals surface area contributed by atoms with E-state index in [0.717, 1.165) is 21.4 Å². The second kappa shape index (κ2) is 13.2. The van der Waals surface area contributed by atoms with Crippen LogP contribution in [0.1, 0.15) is 44.3 Å². The summed E-state index contributed by atoms with van der Waals surface area (Å²) in [5, 5.41) is 5.98. The fourth-order valence-electron chi connectivity index (χ4n) is 3.00. The van der Waals surface area contributed by atoms with Gasteiger partial charge >= 0.3 is 0 Å². The molecule has 8 heteroatoms. The van der Waals surface area contributed by atoms with Gasteiger partial charge in [-0.15, -0.1) is 22.7 Å². The molecule has 2 aromatic rings. The number of nitrogens with zero attached hydrogens (tertiary/aromatic N) is 2. The third-order valence-electron chi connectivity index (χ3n) is 4.85. The summed E-state index contributed by atoms with van der Waals surface area (Å²) in [5.41, 5.74) is 6.97. The molecule has 0 saturated carbocycles. The maximum Gasteiger partial charge on any atom is 0.244 e. The second-order valence-electron chi connectivity index (χ2n) is 7.95. The van der Waals surface area contributed by atoms with Crippen LogP contribution in [0, 0.1) is 11.8 Å². The summed E-state index contributed by atoms with van der Waals surface area (Å²) < 4.78 is 10.9. The largest absolute Gasteiger partial charge is 0.501 e. The SMILES string of the molecule is CO/C(=C/C(N)=O)[C@H](C)[C@H](/C=C\c1csc(-c2csc([C@@H](C)/C=C/C=C\C(C)C)n2)n1)OC. The van der Waals surface area contributed by atoms with Gasteiger partial charge in [0.25, 0.3) is 0 Å². The molecule has 0 aliphatic heterocycles. The Balaban J connectivity index is 2.09. The number of carbonyl (C=O) groups excluding carboxylic acids is 1. The van der Waals surface area contributed by atoms with Crippen LogP contribution in [-0.2, 0) is 14.3 Å². The number of nitrogens with two attached hydrogens (primary N) is 1. The molecule has 178 valence electrons. The first kappa shape index (κ1) is 26.7. The molecular weight excluding hydrogens is 454 g/mol. The highest BCUT2D eigenvalue weighted by Gasteiger charge is 2.20. The van der Waals surface area contributed by atoms with Crippen LogP contribution in [0.2, 0.25) is 0 Å². The first-order valence-corrected chi connectivity index (χ1v) is 12.5. The Morgan fingerprint density at radius 2 is 1.76 bits per heavy atom. The molecule has 0 saturated heterocycles. The van der Waals surface area contributed by atoms with E-state index in [1.165, 1.54) is 13.2 Å². The van der Waals surface area contributed by atoms with Gasteiger partial charge in [-0.2, -0.15) is 0 Å². The Labute approximate surface area is 204 Å². The highest BCUT2D eigenvalue weighted by atomic mass is 32.1. The zero-order chi connectivity index (χ0) is 24.4. The first-order chi connectivity index (χ1) is 15.7. The maximum absolute atomic E-state index is 11.2. The van der Waals surface area contributed by atoms with Gasteiger partial charge in [-0.3, -0.25) is 4.79 Å². The average Bonchev–Trinajstić information content (AvgIpc) is 3.44. The summed E-state index contributed by atoms with van der Waals surface area (Å²) in [5.74, 6) is 0.512. The lowest BCUT2D eigenvalue weighted by molar-refractivity contribution is -0.113. The van der Waals surface area contributed by atoms with Crippen LogP contribution < -0.4 is 5.73 Å². The minimum absolute atomic E-state index is 0.187. The van der Waals surface area contributed by atoms with E-state index in [-0.39, 0.29) is 17.9 Å². The lowest BCUT2D eigenvalue weighted by atomic mass is 10.0. The van der Waals surface area contributed by atoms with Gasteiger partial charge in [-0.05, 0) is 12.0 Å². The minimum Gasteiger partial charge on any atom is -0.501 e. The van der Waals surface area contributed by atoms with Crippen molar-refractivity contribution >= 4 is 34.7 Å². The van der Waals surface area contributed by atoms with Gasteiger partial charge in [-0.25, -0.2) is 9.97 Å². The molecule has 0 bridgehead atoms. The third-order valence-corrected chi connectivity index (χ3v) is 6.78. The first-order valence-electron chi connectivity index (χ1n) is 10.8. The Hall–Kier alpha value is -2.55. The summed E-state index contributed by atoms with van der Waals surface area (Å²) in [6, 6.07) is 0. The van der Waals surface area contributed by atoms with Crippen LogP contribution in [0.4, 0.5) is 0 Å². The molecule has 0 aromatic carbocycles. The van der Waals surface area contributed by atoms with Crippen molar-refractivity contribution in [2.24, 2.45) is 17.6 Å². The normalized spacial score (nSPS) is 15.7. The van der Waals surface area contributed by atoms with Crippen LogP contribution in [0.15, 0.2) is 53.0 Å². The van der Waals surface area contributed by atoms with Gasteiger partial charge in [0.15, 0.2) is 0 Å². The summed E-state index contributed by atoms with van der Waals surface area (Å²) >= 11 is 3.20. The lowest BCUT2D eigenvalue weighted by Crippen LogP contribution is -2.22. The molecule has 2 heterocycles. The van der Waals surface area contributed by atoms with Gasteiger partial charge < -0.3 is 15.2 Å². The predicted octanol–water partition coefficient (Wildman–Crippen LogP) is 5.82. The number of hydrogen-bond acceptors (Lipinski definition) is 7. The molecule has 0 aliphatic carbocycles. The Morgan fingerprint density at radius 1 is 1.03 bits per heavy atom. The molecular formula is C25H33N3O3S2. The zero-order valence-corrected chi connectivity index (χ0v) is 21.7. The molecule has 2 N–H and O–H groups in total. The molecule has 0 unspecified atom stereocenters. The number of ether oxygens (including phenoxy) is 2. The second-order valence-corrected chi connectivity index (χ2v) is 9.70. The van der Waals surface area contributed by atoms with E-state index in [9.17, 15) is 4.79 Å². The molecule has 3 atom stereocenters. The average molecular weight is 488 g/mol. The van der Waals surface area contributed by atoms with Crippen molar-refractivity contribution in [2.45, 2.75) is 39.7 Å². The fourth-order valence-corrected chi connectivity index (χ4v) is 4.66. The third kappa shape index (κ3) is 8.38. The summed E-state index contributed by atoms with van der Waals surface area (Å²) in [6.45, 7) is 8.37. The van der Waals surface area contributed by atoms with Gasteiger partial charge in [0, 0.05) is 35.8 Å². The van der Waals surface area contributed by atoms with Crippen LogP contribution >= 0.6 is 22.7 Å². The molecule has 2 aromatic heterocycles. The zero-order valence-electron chi connectivity index (χ0n) is 20.0. The molecule has 2 rings (SSSR count). The van der Waals surface area contributed by atoms with Crippen molar-refractivity contribution in [1.29, 1.82) is 0 Å².